The van der Waals surface area contributed by atoms with Crippen LogP contribution in [0.2, 0.25) is 0 Å². The highest BCUT2D eigenvalue weighted by Gasteiger charge is 2.06. The van der Waals surface area contributed by atoms with Crippen molar-refractivity contribution in [2.24, 2.45) is 4.99 Å². The lowest BCUT2D eigenvalue weighted by Crippen LogP contribution is -2.11. The second-order valence-electron chi connectivity index (χ2n) is 11.9. The maximum absolute atomic E-state index is 10.5. The highest BCUT2D eigenvalue weighted by atomic mass is 16.5. The van der Waals surface area contributed by atoms with Crippen molar-refractivity contribution in [1.82, 2.24) is 0 Å². The molecule has 4 rings (SSSR count). The third-order valence-electron chi connectivity index (χ3n) is 8.02. The van der Waals surface area contributed by atoms with E-state index in [0.29, 0.717) is 30.1 Å². The first-order valence-corrected chi connectivity index (χ1v) is 17.0. The van der Waals surface area contributed by atoms with E-state index in [4.69, 9.17) is 19.5 Å². The van der Waals surface area contributed by atoms with E-state index >= 15 is 0 Å². The maximum atomic E-state index is 10.5. The number of phenolic OH excluding ortho intramolecular Hbond substituents is 1. The number of unbranched alkanes of at least 4 members (excludes halogenated alkanes) is 7. The number of hydrogen-bond acceptors (Lipinski definition) is 6. The third-order valence-corrected chi connectivity index (χ3v) is 8.02. The van der Waals surface area contributed by atoms with Crippen molar-refractivity contribution in [3.05, 3.63) is 102 Å². The summed E-state index contributed by atoms with van der Waals surface area (Å²) in [7, 11) is 0. The smallest absolute Gasteiger partial charge is 0.128 e. The summed E-state index contributed by atoms with van der Waals surface area (Å²) >= 11 is 0. The lowest BCUT2D eigenvalue weighted by atomic mass is 10.0. The Morgan fingerprint density at radius 1 is 0.702 bits per heavy atom. The highest BCUT2D eigenvalue weighted by molar-refractivity contribution is 5.85. The normalized spacial score (nSPS) is 11.7. The van der Waals surface area contributed by atoms with Gasteiger partial charge in [0, 0.05) is 17.8 Å². The Morgan fingerprint density at radius 2 is 1.28 bits per heavy atom. The fraction of sp³-hybridized carbons (Fsp3) is 0.366. The molecule has 0 heterocycles. The van der Waals surface area contributed by atoms with Crippen LogP contribution in [0, 0.1) is 11.3 Å². The molecule has 0 unspecified atom stereocenters. The molecule has 0 radical (unpaired) electrons. The second kappa shape index (κ2) is 19.7. The summed E-state index contributed by atoms with van der Waals surface area (Å²) in [5.41, 5.74) is 4.29. The van der Waals surface area contributed by atoms with Gasteiger partial charge >= 0.3 is 0 Å². The van der Waals surface area contributed by atoms with Crippen LogP contribution in [0.1, 0.15) is 89.2 Å². The summed E-state index contributed by atoms with van der Waals surface area (Å²) in [6.45, 7) is 5.65. The van der Waals surface area contributed by atoms with Crippen LogP contribution in [-0.4, -0.2) is 30.6 Å². The van der Waals surface area contributed by atoms with E-state index in [1.54, 1.807) is 12.3 Å². The minimum absolute atomic E-state index is 0.145. The lowest BCUT2D eigenvalue weighted by Gasteiger charge is -2.14. The Morgan fingerprint density at radius 3 is 1.91 bits per heavy atom. The van der Waals surface area contributed by atoms with Gasteiger partial charge in [-0.15, -0.1) is 0 Å². The van der Waals surface area contributed by atoms with Crippen LogP contribution in [0.5, 0.6) is 23.0 Å². The number of ether oxygens (including phenoxy) is 3. The van der Waals surface area contributed by atoms with Crippen LogP contribution in [0.15, 0.2) is 96.0 Å². The molecule has 6 heteroatoms. The second-order valence-corrected chi connectivity index (χ2v) is 11.9. The average Bonchev–Trinajstić information content (AvgIpc) is 3.10. The number of rotatable bonds is 20. The van der Waals surface area contributed by atoms with E-state index in [-0.39, 0.29) is 11.9 Å². The molecular formula is C41H48N2O4. The van der Waals surface area contributed by atoms with Crippen molar-refractivity contribution in [2.45, 2.75) is 84.2 Å². The topological polar surface area (TPSA) is 84.1 Å². The quantitative estimate of drug-likeness (QED) is 0.0774. The number of nitriles is 1. The molecule has 0 fully saturated rings. The summed E-state index contributed by atoms with van der Waals surface area (Å²) in [6, 6.07) is 30.9. The highest BCUT2D eigenvalue weighted by Crippen LogP contribution is 2.26. The van der Waals surface area contributed by atoms with Crippen LogP contribution < -0.4 is 14.2 Å². The lowest BCUT2D eigenvalue weighted by molar-refractivity contribution is 0.206. The van der Waals surface area contributed by atoms with Crippen LogP contribution in [0.25, 0.3) is 11.1 Å². The maximum Gasteiger partial charge on any atom is 0.128 e. The van der Waals surface area contributed by atoms with E-state index in [1.165, 1.54) is 25.7 Å². The first kappa shape index (κ1) is 35.1. The number of aliphatic imine (C=N–C) groups is 1. The monoisotopic (exact) mass is 632 g/mol. The number of nitrogens with zero attached hydrogens (tertiary/aromatic N) is 2. The zero-order valence-electron chi connectivity index (χ0n) is 27.9. The zero-order chi connectivity index (χ0) is 33.1. The molecule has 0 aliphatic rings. The summed E-state index contributed by atoms with van der Waals surface area (Å²) < 4.78 is 17.8. The largest absolute Gasteiger partial charge is 0.507 e. The van der Waals surface area contributed by atoms with Crippen molar-refractivity contribution < 1.29 is 19.3 Å². The van der Waals surface area contributed by atoms with Gasteiger partial charge < -0.3 is 19.3 Å². The minimum Gasteiger partial charge on any atom is -0.507 e. The number of benzene rings is 4. The first-order valence-electron chi connectivity index (χ1n) is 17.0. The molecule has 0 saturated heterocycles. The van der Waals surface area contributed by atoms with Gasteiger partial charge in [0.25, 0.3) is 0 Å². The van der Waals surface area contributed by atoms with E-state index in [2.05, 4.69) is 24.9 Å². The molecule has 0 aliphatic heterocycles. The van der Waals surface area contributed by atoms with E-state index < -0.39 is 0 Å². The Bertz CT molecular complexity index is 1540. The fourth-order valence-electron chi connectivity index (χ4n) is 5.22. The van der Waals surface area contributed by atoms with Crippen molar-refractivity contribution >= 4 is 11.9 Å². The standard InChI is InChI=1S/C41H48N2O4/c1-3-4-5-9-12-32(2)47-39-25-20-37(21-26-39)43-31-36-19-24-40(29-41(36)44)46-28-11-8-6-7-10-27-45-38-22-17-35(18-23-38)34-15-13-33(30-42)14-16-34/h13-26,29,31-32,44H,3-12,27-28H2,1-2H3/t32-/m1/s1. The van der Waals surface area contributed by atoms with Crippen LogP contribution in [0.3, 0.4) is 0 Å². The SMILES string of the molecule is CCCCCC[C@@H](C)Oc1ccc(N=Cc2ccc(OCCCCCCCOc3ccc(-c4ccc(C#N)cc4)cc3)cc2O)cc1. The summed E-state index contributed by atoms with van der Waals surface area (Å²) in [6.07, 6.45) is 13.2. The molecule has 1 atom stereocenters. The van der Waals surface area contributed by atoms with Gasteiger partial charge in [0.2, 0.25) is 0 Å². The average molecular weight is 633 g/mol. The molecular weight excluding hydrogens is 584 g/mol. The Balaban J connectivity index is 1.07. The Hall–Kier alpha value is -4.76. The van der Waals surface area contributed by atoms with Gasteiger partial charge in [0.15, 0.2) is 0 Å². The molecule has 0 bridgehead atoms. The van der Waals surface area contributed by atoms with E-state index in [9.17, 15) is 5.11 Å². The van der Waals surface area contributed by atoms with E-state index in [1.807, 2.05) is 84.9 Å². The van der Waals surface area contributed by atoms with Crippen molar-refractivity contribution in [1.29, 1.82) is 5.26 Å². The molecule has 0 aliphatic carbocycles. The molecule has 4 aromatic carbocycles. The first-order chi connectivity index (χ1) is 23.0. The van der Waals surface area contributed by atoms with Gasteiger partial charge in [-0.2, -0.15) is 5.26 Å². The van der Waals surface area contributed by atoms with Crippen LogP contribution in [-0.2, 0) is 0 Å². The molecule has 4 aromatic rings. The molecule has 47 heavy (non-hydrogen) atoms. The predicted octanol–water partition coefficient (Wildman–Crippen LogP) is 10.8. The minimum atomic E-state index is 0.145. The zero-order valence-corrected chi connectivity index (χ0v) is 27.9. The van der Waals surface area contributed by atoms with E-state index in [0.717, 1.165) is 66.8 Å². The van der Waals surface area contributed by atoms with Gasteiger partial charge in [-0.3, -0.25) is 4.99 Å². The Kier molecular flexibility index (Phi) is 14.7. The van der Waals surface area contributed by atoms with Gasteiger partial charge in [-0.25, -0.2) is 0 Å². The molecule has 0 saturated carbocycles. The molecule has 0 aromatic heterocycles. The van der Waals surface area contributed by atoms with Crippen molar-refractivity contribution in [3.63, 3.8) is 0 Å². The molecule has 6 nitrogen and oxygen atoms in total. The number of aromatic hydroxyl groups is 1. The van der Waals surface area contributed by atoms with Gasteiger partial charge in [-0.05, 0) is 104 Å². The summed E-state index contributed by atoms with van der Waals surface area (Å²) in [5.74, 6) is 2.52. The van der Waals surface area contributed by atoms with Crippen molar-refractivity contribution in [2.75, 3.05) is 13.2 Å². The van der Waals surface area contributed by atoms with Crippen LogP contribution >= 0.6 is 0 Å². The number of phenols is 1. The molecule has 1 N–H and O–H groups in total. The summed E-state index contributed by atoms with van der Waals surface area (Å²) in [5, 5.41) is 19.5. The summed E-state index contributed by atoms with van der Waals surface area (Å²) in [4.78, 5) is 4.51. The Labute approximate surface area is 280 Å². The van der Waals surface area contributed by atoms with Gasteiger partial charge in [0.05, 0.1) is 36.6 Å². The molecule has 246 valence electrons. The van der Waals surface area contributed by atoms with Gasteiger partial charge in [0.1, 0.15) is 23.0 Å². The van der Waals surface area contributed by atoms with Gasteiger partial charge in [-0.1, -0.05) is 69.7 Å². The number of hydrogen-bond donors (Lipinski definition) is 1. The predicted molar refractivity (Wildman–Crippen MR) is 191 cm³/mol. The van der Waals surface area contributed by atoms with Crippen LogP contribution in [0.4, 0.5) is 5.69 Å². The third kappa shape index (κ3) is 12.5. The molecule has 0 spiro atoms. The van der Waals surface area contributed by atoms with Crippen molar-refractivity contribution in [3.8, 4) is 40.2 Å². The molecule has 0 amide bonds. The fourth-order valence-corrected chi connectivity index (χ4v) is 5.22.